The van der Waals surface area contributed by atoms with Gasteiger partial charge in [0.05, 0.1) is 17.3 Å². The van der Waals surface area contributed by atoms with E-state index in [1.54, 1.807) is 0 Å². The van der Waals surface area contributed by atoms with Crippen LogP contribution in [0, 0.1) is 13.8 Å². The van der Waals surface area contributed by atoms with Crippen LogP contribution in [0.4, 0.5) is 0 Å². The van der Waals surface area contributed by atoms with E-state index in [-0.39, 0.29) is 0 Å². The molecule has 0 unspecified atom stereocenters. The molecule has 0 saturated carbocycles. The molecule has 0 aliphatic carbocycles. The summed E-state index contributed by atoms with van der Waals surface area (Å²) in [7, 11) is 0. The molecule has 1 fully saturated rings. The summed E-state index contributed by atoms with van der Waals surface area (Å²) < 4.78 is 2.05. The Labute approximate surface area is 94.2 Å². The average Bonchev–Trinajstić information content (AvgIpc) is 2.55. The van der Waals surface area contributed by atoms with Gasteiger partial charge in [0.2, 0.25) is 0 Å². The molecule has 1 aliphatic rings. The minimum Gasteiger partial charge on any atom is -0.298 e. The first kappa shape index (κ1) is 10.7. The van der Waals surface area contributed by atoms with E-state index in [1.165, 1.54) is 24.3 Å². The van der Waals surface area contributed by atoms with Crippen LogP contribution in [0.5, 0.6) is 0 Å². The van der Waals surface area contributed by atoms with Crippen molar-refractivity contribution in [3.05, 3.63) is 17.0 Å². The van der Waals surface area contributed by atoms with Gasteiger partial charge in [0.1, 0.15) is 0 Å². The fourth-order valence-corrected chi connectivity index (χ4v) is 3.21. The molecule has 0 N–H and O–H groups in total. The van der Waals surface area contributed by atoms with Crippen molar-refractivity contribution in [3.8, 4) is 0 Å². The van der Waals surface area contributed by atoms with Crippen LogP contribution in [0.25, 0.3) is 0 Å². The summed E-state index contributed by atoms with van der Waals surface area (Å²) in [4.78, 5) is 10.9. The van der Waals surface area contributed by atoms with Gasteiger partial charge in [0.25, 0.3) is 0 Å². The van der Waals surface area contributed by atoms with Gasteiger partial charge in [-0.2, -0.15) is 16.9 Å². The molecule has 0 bridgehead atoms. The van der Waals surface area contributed by atoms with Gasteiger partial charge in [-0.25, -0.2) is 0 Å². The van der Waals surface area contributed by atoms with E-state index in [0.717, 1.165) is 23.2 Å². The minimum absolute atomic E-state index is 0.499. The maximum absolute atomic E-state index is 10.9. The van der Waals surface area contributed by atoms with Crippen LogP contribution in [0.15, 0.2) is 0 Å². The summed E-state index contributed by atoms with van der Waals surface area (Å²) in [5, 5.41) is 4.48. The first-order valence-electron chi connectivity index (χ1n) is 5.32. The number of carbonyl (C=O) groups excluding carboxylic acids is 1. The van der Waals surface area contributed by atoms with Crippen LogP contribution in [-0.2, 0) is 0 Å². The van der Waals surface area contributed by atoms with Crippen molar-refractivity contribution < 1.29 is 4.79 Å². The van der Waals surface area contributed by atoms with Crippen LogP contribution in [0.3, 0.4) is 0 Å². The minimum atomic E-state index is 0.499. The second-order valence-corrected chi connectivity index (χ2v) is 5.22. The lowest BCUT2D eigenvalue weighted by Gasteiger charge is -2.23. The number of hydrogen-bond donors (Lipinski definition) is 0. The molecule has 1 aromatic heterocycles. The van der Waals surface area contributed by atoms with Crippen molar-refractivity contribution in [2.24, 2.45) is 0 Å². The smallest absolute Gasteiger partial charge is 0.153 e. The lowest BCUT2D eigenvalue weighted by atomic mass is 10.1. The fourth-order valence-electron chi connectivity index (χ4n) is 2.13. The van der Waals surface area contributed by atoms with Gasteiger partial charge in [-0.15, -0.1) is 0 Å². The molecule has 4 heteroatoms. The highest BCUT2D eigenvalue weighted by Gasteiger charge is 2.20. The van der Waals surface area contributed by atoms with Crippen LogP contribution >= 0.6 is 11.8 Å². The first-order valence-corrected chi connectivity index (χ1v) is 6.48. The predicted octanol–water partition coefficient (Wildman–Crippen LogP) is 2.38. The molecule has 0 aromatic carbocycles. The number of nitrogens with zero attached hydrogens (tertiary/aromatic N) is 2. The van der Waals surface area contributed by atoms with Gasteiger partial charge in [-0.3, -0.25) is 9.48 Å². The SMILES string of the molecule is Cc1nn(C2CCSCC2)c(C)c1C=O. The average molecular weight is 224 g/mol. The third kappa shape index (κ3) is 1.95. The highest BCUT2D eigenvalue weighted by atomic mass is 32.2. The van der Waals surface area contributed by atoms with Crippen molar-refractivity contribution in [1.82, 2.24) is 9.78 Å². The molecule has 0 radical (unpaired) electrons. The second-order valence-electron chi connectivity index (χ2n) is 3.99. The topological polar surface area (TPSA) is 34.9 Å². The maximum Gasteiger partial charge on any atom is 0.153 e. The Hall–Kier alpha value is -0.770. The zero-order valence-corrected chi connectivity index (χ0v) is 10.0. The standard InChI is InChI=1S/C11H16N2OS/c1-8-11(7-14)9(2)13(12-8)10-3-5-15-6-4-10/h7,10H,3-6H2,1-2H3. The molecule has 82 valence electrons. The van der Waals surface area contributed by atoms with E-state index in [2.05, 4.69) is 9.78 Å². The monoisotopic (exact) mass is 224 g/mol. The highest BCUT2D eigenvalue weighted by molar-refractivity contribution is 7.99. The van der Waals surface area contributed by atoms with Crippen LogP contribution in [0.2, 0.25) is 0 Å². The number of aromatic nitrogens is 2. The van der Waals surface area contributed by atoms with Crippen molar-refractivity contribution in [3.63, 3.8) is 0 Å². The Balaban J connectivity index is 2.31. The van der Waals surface area contributed by atoms with E-state index in [0.29, 0.717) is 6.04 Å². The fraction of sp³-hybridized carbons (Fsp3) is 0.636. The summed E-state index contributed by atoms with van der Waals surface area (Å²) in [6.45, 7) is 3.90. The van der Waals surface area contributed by atoms with Gasteiger partial charge >= 0.3 is 0 Å². The summed E-state index contributed by atoms with van der Waals surface area (Å²) in [5.74, 6) is 2.42. The van der Waals surface area contributed by atoms with E-state index >= 15 is 0 Å². The molecule has 3 nitrogen and oxygen atoms in total. The van der Waals surface area contributed by atoms with Crippen LogP contribution < -0.4 is 0 Å². The molecule has 2 heterocycles. The maximum atomic E-state index is 10.9. The molecule has 0 spiro atoms. The number of aryl methyl sites for hydroxylation is 1. The normalized spacial score (nSPS) is 18.0. The molecule has 2 rings (SSSR count). The molecule has 1 aliphatic heterocycles. The first-order chi connectivity index (χ1) is 7.24. The lowest BCUT2D eigenvalue weighted by Crippen LogP contribution is -2.17. The van der Waals surface area contributed by atoms with E-state index < -0.39 is 0 Å². The van der Waals surface area contributed by atoms with Gasteiger partial charge in [-0.1, -0.05) is 0 Å². The van der Waals surface area contributed by atoms with Gasteiger partial charge in [-0.05, 0) is 38.2 Å². The van der Waals surface area contributed by atoms with Gasteiger partial charge < -0.3 is 0 Å². The number of thioether (sulfide) groups is 1. The number of carbonyl (C=O) groups is 1. The number of aldehydes is 1. The molecule has 15 heavy (non-hydrogen) atoms. The number of rotatable bonds is 2. The van der Waals surface area contributed by atoms with Crippen molar-refractivity contribution in [2.75, 3.05) is 11.5 Å². The lowest BCUT2D eigenvalue weighted by molar-refractivity contribution is 0.112. The summed E-state index contributed by atoms with van der Waals surface area (Å²) in [6, 6.07) is 0.499. The Morgan fingerprint density at radius 3 is 2.60 bits per heavy atom. The van der Waals surface area contributed by atoms with E-state index in [4.69, 9.17) is 0 Å². The third-order valence-corrected chi connectivity index (χ3v) is 4.08. The molecular formula is C11H16N2OS. The van der Waals surface area contributed by atoms with Gasteiger partial charge in [0, 0.05) is 5.69 Å². The number of hydrogen-bond acceptors (Lipinski definition) is 3. The largest absolute Gasteiger partial charge is 0.298 e. The van der Waals surface area contributed by atoms with Crippen molar-refractivity contribution in [2.45, 2.75) is 32.7 Å². The van der Waals surface area contributed by atoms with Crippen LogP contribution in [0.1, 0.15) is 40.6 Å². The Morgan fingerprint density at radius 1 is 1.40 bits per heavy atom. The Kier molecular flexibility index (Phi) is 3.14. The molecule has 0 amide bonds. The summed E-state index contributed by atoms with van der Waals surface area (Å²) in [5.41, 5.74) is 2.66. The van der Waals surface area contributed by atoms with E-state index in [9.17, 15) is 4.79 Å². The molecule has 1 saturated heterocycles. The van der Waals surface area contributed by atoms with E-state index in [1.807, 2.05) is 25.6 Å². The quantitative estimate of drug-likeness (QED) is 0.723. The summed E-state index contributed by atoms with van der Waals surface area (Å²) in [6.07, 6.45) is 3.27. The molecular weight excluding hydrogens is 208 g/mol. The zero-order chi connectivity index (χ0) is 10.8. The van der Waals surface area contributed by atoms with Crippen molar-refractivity contribution in [1.29, 1.82) is 0 Å². The zero-order valence-electron chi connectivity index (χ0n) is 9.19. The highest BCUT2D eigenvalue weighted by Crippen LogP contribution is 2.28. The molecule has 1 aromatic rings. The van der Waals surface area contributed by atoms with Gasteiger partial charge in [0.15, 0.2) is 6.29 Å². The third-order valence-electron chi connectivity index (χ3n) is 3.04. The molecule has 0 atom stereocenters. The Morgan fingerprint density at radius 2 is 2.07 bits per heavy atom. The van der Waals surface area contributed by atoms with Crippen LogP contribution in [-0.4, -0.2) is 27.6 Å². The second kappa shape index (κ2) is 4.39. The Bertz CT molecular complexity index is 367. The summed E-state index contributed by atoms with van der Waals surface area (Å²) >= 11 is 2.01. The van der Waals surface area contributed by atoms with Crippen molar-refractivity contribution >= 4 is 18.0 Å². The predicted molar refractivity (Wildman–Crippen MR) is 62.7 cm³/mol.